The second kappa shape index (κ2) is 4.00. The molecule has 4 nitrogen and oxygen atoms in total. The topological polar surface area (TPSA) is 72.5 Å². The molecule has 1 unspecified atom stereocenters. The summed E-state index contributed by atoms with van der Waals surface area (Å²) in [7, 11) is 0. The molecule has 1 atom stereocenters. The molecule has 1 saturated heterocycles. The number of hydrogen-bond donors (Lipinski definition) is 2. The smallest absolute Gasteiger partial charge is 0.303 e. The highest BCUT2D eigenvalue weighted by atomic mass is 16.5. The first-order chi connectivity index (χ1) is 7.08. The van der Waals surface area contributed by atoms with Gasteiger partial charge in [0, 0.05) is 17.6 Å². The second-order valence-electron chi connectivity index (χ2n) is 6.11. The number of carboxylic acids is 1. The summed E-state index contributed by atoms with van der Waals surface area (Å²) in [5, 5.41) is 9.07. The van der Waals surface area contributed by atoms with E-state index >= 15 is 0 Å². The Morgan fingerprint density at radius 1 is 1.50 bits per heavy atom. The van der Waals surface area contributed by atoms with Gasteiger partial charge in [-0.1, -0.05) is 0 Å². The summed E-state index contributed by atoms with van der Waals surface area (Å²) >= 11 is 0. The zero-order chi connectivity index (χ0) is 12.6. The van der Waals surface area contributed by atoms with Crippen molar-refractivity contribution in [2.75, 3.05) is 6.61 Å². The van der Waals surface area contributed by atoms with Crippen LogP contribution in [0.25, 0.3) is 0 Å². The van der Waals surface area contributed by atoms with Crippen LogP contribution < -0.4 is 5.73 Å². The molecule has 1 fully saturated rings. The normalized spacial score (nSPS) is 30.1. The average Bonchev–Trinajstić information content (AvgIpc) is 1.97. The fraction of sp³-hybridized carbons (Fsp3) is 0.917. The lowest BCUT2D eigenvalue weighted by Gasteiger charge is -2.51. The minimum absolute atomic E-state index is 0.114. The van der Waals surface area contributed by atoms with Crippen molar-refractivity contribution in [2.24, 2.45) is 11.1 Å². The van der Waals surface area contributed by atoms with Crippen LogP contribution in [0.4, 0.5) is 0 Å². The Morgan fingerprint density at radius 2 is 2.06 bits per heavy atom. The first-order valence-electron chi connectivity index (χ1n) is 5.73. The van der Waals surface area contributed by atoms with Crippen molar-refractivity contribution in [3.05, 3.63) is 0 Å². The Hall–Kier alpha value is -0.610. The van der Waals surface area contributed by atoms with E-state index in [2.05, 4.69) is 0 Å². The van der Waals surface area contributed by atoms with Crippen molar-refractivity contribution < 1.29 is 14.6 Å². The molecule has 4 heteroatoms. The number of carbonyl (C=O) groups is 1. The molecule has 1 rings (SSSR count). The van der Waals surface area contributed by atoms with Gasteiger partial charge in [0.1, 0.15) is 0 Å². The van der Waals surface area contributed by atoms with Crippen molar-refractivity contribution in [2.45, 2.75) is 58.1 Å². The lowest BCUT2D eigenvalue weighted by Crippen LogP contribution is -2.57. The average molecular weight is 229 g/mol. The van der Waals surface area contributed by atoms with Gasteiger partial charge in [0.2, 0.25) is 0 Å². The third kappa shape index (κ3) is 2.74. The maximum Gasteiger partial charge on any atom is 0.303 e. The molecule has 0 saturated carbocycles. The van der Waals surface area contributed by atoms with Gasteiger partial charge in [-0.2, -0.15) is 0 Å². The van der Waals surface area contributed by atoms with Crippen molar-refractivity contribution in [1.82, 2.24) is 0 Å². The zero-order valence-corrected chi connectivity index (χ0v) is 10.7. The Kier molecular flexibility index (Phi) is 3.37. The summed E-state index contributed by atoms with van der Waals surface area (Å²) in [6.07, 6.45) is 1.52. The fourth-order valence-corrected chi connectivity index (χ4v) is 2.70. The first-order valence-corrected chi connectivity index (χ1v) is 5.73. The van der Waals surface area contributed by atoms with Gasteiger partial charge in [-0.25, -0.2) is 0 Å². The molecule has 16 heavy (non-hydrogen) atoms. The molecule has 0 aliphatic carbocycles. The Balaban J connectivity index is 3.00. The molecular weight excluding hydrogens is 206 g/mol. The first kappa shape index (κ1) is 13.5. The maximum absolute atomic E-state index is 11.0. The van der Waals surface area contributed by atoms with Crippen molar-refractivity contribution in [3.8, 4) is 0 Å². The van der Waals surface area contributed by atoms with Crippen molar-refractivity contribution in [1.29, 1.82) is 0 Å². The Bertz CT molecular complexity index is 280. The van der Waals surface area contributed by atoms with Gasteiger partial charge in [-0.15, -0.1) is 0 Å². The number of aliphatic carboxylic acids is 1. The summed E-state index contributed by atoms with van der Waals surface area (Å²) in [5.41, 5.74) is 5.03. The van der Waals surface area contributed by atoms with Gasteiger partial charge < -0.3 is 15.6 Å². The van der Waals surface area contributed by atoms with E-state index in [1.165, 1.54) is 0 Å². The van der Waals surface area contributed by atoms with Gasteiger partial charge in [0.05, 0.1) is 12.0 Å². The number of rotatable bonds is 3. The van der Waals surface area contributed by atoms with E-state index in [0.29, 0.717) is 19.4 Å². The predicted octanol–water partition coefficient (Wildman–Crippen LogP) is 1.77. The lowest BCUT2D eigenvalue weighted by molar-refractivity contribution is -0.154. The third-order valence-corrected chi connectivity index (χ3v) is 3.69. The number of carboxylic acid groups (broad SMARTS) is 1. The van der Waals surface area contributed by atoms with E-state index in [9.17, 15) is 4.79 Å². The second-order valence-corrected chi connectivity index (χ2v) is 6.11. The van der Waals surface area contributed by atoms with Crippen LogP contribution in [0.5, 0.6) is 0 Å². The van der Waals surface area contributed by atoms with E-state index in [1.807, 2.05) is 27.7 Å². The van der Waals surface area contributed by atoms with Crippen LogP contribution in [0, 0.1) is 5.41 Å². The molecule has 1 aliphatic rings. The number of ether oxygens (including phenoxy) is 1. The van der Waals surface area contributed by atoms with Gasteiger partial charge in [0.15, 0.2) is 0 Å². The molecule has 1 heterocycles. The number of nitrogens with two attached hydrogens (primary N) is 1. The molecule has 0 aromatic heterocycles. The number of hydrogen-bond acceptors (Lipinski definition) is 3. The van der Waals surface area contributed by atoms with E-state index < -0.39 is 11.5 Å². The molecule has 1 aliphatic heterocycles. The molecule has 3 N–H and O–H groups in total. The summed E-state index contributed by atoms with van der Waals surface area (Å²) in [4.78, 5) is 11.0. The van der Waals surface area contributed by atoms with Crippen molar-refractivity contribution >= 4 is 5.97 Å². The van der Waals surface area contributed by atoms with E-state index in [1.54, 1.807) is 0 Å². The van der Waals surface area contributed by atoms with Crippen LogP contribution in [0.1, 0.15) is 47.0 Å². The minimum Gasteiger partial charge on any atom is -0.481 e. The third-order valence-electron chi connectivity index (χ3n) is 3.69. The summed E-state index contributed by atoms with van der Waals surface area (Å²) in [6, 6.07) is 0. The standard InChI is InChI=1S/C12H23NO3/c1-10(2)8-12(5-6-16-10,7-9(14)15)11(3,4)13/h5-8,13H2,1-4H3,(H,14,15). The van der Waals surface area contributed by atoms with Crippen LogP contribution in [-0.4, -0.2) is 28.8 Å². The molecule has 0 amide bonds. The summed E-state index contributed by atoms with van der Waals surface area (Å²) < 4.78 is 5.65. The van der Waals surface area contributed by atoms with E-state index in [4.69, 9.17) is 15.6 Å². The fourth-order valence-electron chi connectivity index (χ4n) is 2.70. The maximum atomic E-state index is 11.0. The molecule has 0 aromatic rings. The zero-order valence-electron chi connectivity index (χ0n) is 10.7. The van der Waals surface area contributed by atoms with Crippen LogP contribution in [0.3, 0.4) is 0 Å². The van der Waals surface area contributed by atoms with Gasteiger partial charge in [-0.3, -0.25) is 4.79 Å². The van der Waals surface area contributed by atoms with E-state index in [0.717, 1.165) is 0 Å². The molecule has 0 bridgehead atoms. The Labute approximate surface area is 97.2 Å². The quantitative estimate of drug-likeness (QED) is 0.773. The largest absolute Gasteiger partial charge is 0.481 e. The van der Waals surface area contributed by atoms with Gasteiger partial charge in [0.25, 0.3) is 0 Å². The molecule has 94 valence electrons. The summed E-state index contributed by atoms with van der Waals surface area (Å²) in [5.74, 6) is -0.781. The van der Waals surface area contributed by atoms with Gasteiger partial charge in [-0.05, 0) is 40.5 Å². The van der Waals surface area contributed by atoms with Crippen molar-refractivity contribution in [3.63, 3.8) is 0 Å². The highest BCUT2D eigenvalue weighted by Gasteiger charge is 2.49. The summed E-state index contributed by atoms with van der Waals surface area (Å²) in [6.45, 7) is 8.40. The van der Waals surface area contributed by atoms with Crippen LogP contribution in [0.2, 0.25) is 0 Å². The van der Waals surface area contributed by atoms with Crippen LogP contribution in [0.15, 0.2) is 0 Å². The predicted molar refractivity (Wildman–Crippen MR) is 62.2 cm³/mol. The highest BCUT2D eigenvalue weighted by molar-refractivity contribution is 5.68. The minimum atomic E-state index is -0.781. The van der Waals surface area contributed by atoms with E-state index in [-0.39, 0.29) is 17.4 Å². The lowest BCUT2D eigenvalue weighted by atomic mass is 9.61. The van der Waals surface area contributed by atoms with Crippen LogP contribution >= 0.6 is 0 Å². The van der Waals surface area contributed by atoms with Gasteiger partial charge >= 0.3 is 5.97 Å². The molecule has 0 radical (unpaired) electrons. The monoisotopic (exact) mass is 229 g/mol. The molecule has 0 spiro atoms. The molecule has 0 aromatic carbocycles. The Morgan fingerprint density at radius 3 is 2.44 bits per heavy atom. The highest BCUT2D eigenvalue weighted by Crippen LogP contribution is 2.47. The van der Waals surface area contributed by atoms with Crippen LogP contribution in [-0.2, 0) is 9.53 Å². The molecular formula is C12H23NO3. The SMILES string of the molecule is CC1(C)CC(CC(=O)O)(C(C)(C)N)CCO1.